The van der Waals surface area contributed by atoms with Gasteiger partial charge in [0.15, 0.2) is 6.20 Å². The number of hydrogen-bond donors (Lipinski definition) is 0. The Morgan fingerprint density at radius 3 is 3.18 bits per heavy atom. The van der Waals surface area contributed by atoms with Gasteiger partial charge in [0.25, 0.3) is 0 Å². The predicted molar refractivity (Wildman–Crippen MR) is 42.8 cm³/mol. The molecule has 1 aliphatic rings. The lowest BCUT2D eigenvalue weighted by molar-refractivity contribution is -0.608. The first-order chi connectivity index (χ1) is 5.38. The lowest BCUT2D eigenvalue weighted by Crippen LogP contribution is -2.31. The molecule has 11 heavy (non-hydrogen) atoms. The third-order valence-electron chi connectivity index (χ3n) is 1.94. The van der Waals surface area contributed by atoms with Crippen molar-refractivity contribution in [3.05, 3.63) is 40.9 Å². The van der Waals surface area contributed by atoms with E-state index < -0.39 is 0 Å². The summed E-state index contributed by atoms with van der Waals surface area (Å²) in [6, 6.07) is 3.80. The van der Waals surface area contributed by atoms with Crippen LogP contribution in [0.25, 0.3) is 6.08 Å². The summed E-state index contributed by atoms with van der Waals surface area (Å²) in [4.78, 5) is 0. The van der Waals surface area contributed by atoms with Gasteiger partial charge in [-0.25, -0.2) is 0 Å². The zero-order chi connectivity index (χ0) is 7.68. The van der Waals surface area contributed by atoms with Gasteiger partial charge < -0.3 is 5.21 Å². The highest BCUT2D eigenvalue weighted by Gasteiger charge is 2.10. The van der Waals surface area contributed by atoms with Gasteiger partial charge in [-0.1, -0.05) is 6.08 Å². The lowest BCUT2D eigenvalue weighted by atomic mass is 10.0. The molecule has 2 nitrogen and oxygen atoms in total. The Kier molecular flexibility index (Phi) is 1.39. The fourth-order valence-electron chi connectivity index (χ4n) is 1.37. The van der Waals surface area contributed by atoms with Crippen LogP contribution in [0.2, 0.25) is 0 Å². The van der Waals surface area contributed by atoms with Crippen LogP contribution >= 0.6 is 0 Å². The first kappa shape index (κ1) is 6.40. The molecule has 0 radical (unpaired) electrons. The van der Waals surface area contributed by atoms with Gasteiger partial charge in [0.1, 0.15) is 0 Å². The fraction of sp³-hybridized carbons (Fsp3) is 0.222. The maximum absolute atomic E-state index is 11.1. The molecule has 0 spiro atoms. The van der Waals surface area contributed by atoms with E-state index in [4.69, 9.17) is 0 Å². The molecule has 0 aliphatic heterocycles. The normalized spacial score (nSPS) is 14.5. The van der Waals surface area contributed by atoms with Crippen molar-refractivity contribution in [3.8, 4) is 0 Å². The van der Waals surface area contributed by atoms with E-state index in [0.29, 0.717) is 0 Å². The second-order valence-corrected chi connectivity index (χ2v) is 2.69. The van der Waals surface area contributed by atoms with Crippen LogP contribution < -0.4 is 4.73 Å². The van der Waals surface area contributed by atoms with E-state index in [1.54, 1.807) is 6.07 Å². The molecule has 2 rings (SSSR count). The Bertz CT molecular complexity index is 304. The molecule has 0 fully saturated rings. The van der Waals surface area contributed by atoms with Gasteiger partial charge in [0.05, 0.1) is 0 Å². The molecule has 1 heterocycles. The van der Waals surface area contributed by atoms with Gasteiger partial charge in [-0.3, -0.25) is 0 Å². The third-order valence-corrected chi connectivity index (χ3v) is 1.94. The fourth-order valence-corrected chi connectivity index (χ4v) is 1.37. The molecule has 1 aromatic heterocycles. The highest BCUT2D eigenvalue weighted by atomic mass is 16.5. The zero-order valence-corrected chi connectivity index (χ0v) is 6.16. The maximum atomic E-state index is 11.1. The van der Waals surface area contributed by atoms with Crippen molar-refractivity contribution in [2.45, 2.75) is 12.8 Å². The van der Waals surface area contributed by atoms with Crippen molar-refractivity contribution in [3.63, 3.8) is 0 Å². The molecule has 0 saturated carbocycles. The summed E-state index contributed by atoms with van der Waals surface area (Å²) in [5.74, 6) is 0. The molecule has 0 atom stereocenters. The third kappa shape index (κ3) is 1.00. The van der Waals surface area contributed by atoms with Gasteiger partial charge in [0, 0.05) is 17.7 Å². The van der Waals surface area contributed by atoms with Crippen LogP contribution in [0, 0.1) is 5.21 Å². The van der Waals surface area contributed by atoms with Crippen molar-refractivity contribution in [1.82, 2.24) is 0 Å². The number of nitrogens with zero attached hydrogens (tertiary/aromatic N) is 1. The minimum atomic E-state index is 0.804. The number of hydrogen-bond acceptors (Lipinski definition) is 1. The summed E-state index contributed by atoms with van der Waals surface area (Å²) in [6.45, 7) is 0. The lowest BCUT2D eigenvalue weighted by Gasteiger charge is -2.08. The molecular weight excluding hydrogens is 138 g/mol. The monoisotopic (exact) mass is 147 g/mol. The largest absolute Gasteiger partial charge is 0.618 e. The summed E-state index contributed by atoms with van der Waals surface area (Å²) in [6.07, 6.45) is 7.52. The predicted octanol–water partition coefficient (Wildman–Crippen LogP) is 1.28. The molecule has 56 valence electrons. The van der Waals surface area contributed by atoms with Gasteiger partial charge in [-0.15, -0.1) is 0 Å². The Morgan fingerprint density at radius 1 is 1.45 bits per heavy atom. The topological polar surface area (TPSA) is 26.9 Å². The quantitative estimate of drug-likeness (QED) is 0.401. The van der Waals surface area contributed by atoms with E-state index in [2.05, 4.69) is 0 Å². The van der Waals surface area contributed by atoms with Gasteiger partial charge in [-0.2, -0.15) is 4.73 Å². The van der Waals surface area contributed by atoms with Crippen molar-refractivity contribution < 1.29 is 4.73 Å². The van der Waals surface area contributed by atoms with Crippen LogP contribution in [-0.4, -0.2) is 0 Å². The van der Waals surface area contributed by atoms with Crippen molar-refractivity contribution in [2.75, 3.05) is 0 Å². The maximum Gasteiger partial charge on any atom is 0.219 e. The molecule has 0 N–H and O–H groups in total. The molecule has 1 aliphatic carbocycles. The molecular formula is C9H9NO. The molecule has 0 unspecified atom stereocenters. The molecule has 0 saturated heterocycles. The molecule has 1 aromatic rings. The molecule has 2 heteroatoms. The minimum Gasteiger partial charge on any atom is -0.618 e. The summed E-state index contributed by atoms with van der Waals surface area (Å²) in [5.41, 5.74) is 1.96. The van der Waals surface area contributed by atoms with Gasteiger partial charge in [-0.05, 0) is 18.9 Å². The van der Waals surface area contributed by atoms with E-state index >= 15 is 0 Å². The van der Waals surface area contributed by atoms with Crippen LogP contribution in [0.15, 0.2) is 24.4 Å². The Hall–Kier alpha value is -1.31. The number of aromatic nitrogens is 1. The first-order valence-electron chi connectivity index (χ1n) is 3.75. The summed E-state index contributed by atoms with van der Waals surface area (Å²) in [7, 11) is 0. The van der Waals surface area contributed by atoms with E-state index in [0.717, 1.165) is 28.8 Å². The van der Waals surface area contributed by atoms with Crippen LogP contribution in [0.1, 0.15) is 17.7 Å². The highest BCUT2D eigenvalue weighted by Crippen LogP contribution is 2.14. The zero-order valence-electron chi connectivity index (χ0n) is 6.16. The van der Waals surface area contributed by atoms with Gasteiger partial charge >= 0.3 is 0 Å². The average molecular weight is 147 g/mol. The average Bonchev–Trinajstić information content (AvgIpc) is 2.06. The molecule has 0 aromatic carbocycles. The van der Waals surface area contributed by atoms with Gasteiger partial charge in [0.2, 0.25) is 5.69 Å². The van der Waals surface area contributed by atoms with E-state index in [1.807, 2.05) is 18.2 Å². The minimum absolute atomic E-state index is 0.804. The summed E-state index contributed by atoms with van der Waals surface area (Å²) >= 11 is 0. The summed E-state index contributed by atoms with van der Waals surface area (Å²) in [5, 5.41) is 11.1. The van der Waals surface area contributed by atoms with E-state index in [9.17, 15) is 5.21 Å². The number of allylic oxidation sites excluding steroid dienone is 1. The van der Waals surface area contributed by atoms with Crippen LogP contribution in [0.4, 0.5) is 0 Å². The number of rotatable bonds is 0. The number of fused-ring (bicyclic) bond motifs is 1. The summed E-state index contributed by atoms with van der Waals surface area (Å²) < 4.78 is 0.922. The number of aryl methyl sites for hydroxylation is 1. The molecule has 0 amide bonds. The highest BCUT2D eigenvalue weighted by molar-refractivity contribution is 5.48. The van der Waals surface area contributed by atoms with Crippen molar-refractivity contribution in [1.29, 1.82) is 0 Å². The van der Waals surface area contributed by atoms with Crippen LogP contribution in [-0.2, 0) is 6.42 Å². The van der Waals surface area contributed by atoms with Crippen molar-refractivity contribution in [2.24, 2.45) is 0 Å². The Labute approximate surface area is 65.4 Å². The second kappa shape index (κ2) is 2.38. The SMILES string of the molecule is [O-][n+]1cccc2c1C=CCC2. The number of pyridine rings is 1. The Balaban J connectivity index is 2.60. The van der Waals surface area contributed by atoms with E-state index in [1.165, 1.54) is 6.20 Å². The van der Waals surface area contributed by atoms with Crippen LogP contribution in [0.3, 0.4) is 0 Å². The second-order valence-electron chi connectivity index (χ2n) is 2.69. The Morgan fingerprint density at radius 2 is 2.36 bits per heavy atom. The van der Waals surface area contributed by atoms with Crippen LogP contribution in [0.5, 0.6) is 0 Å². The van der Waals surface area contributed by atoms with E-state index in [-0.39, 0.29) is 0 Å². The standard InChI is InChI=1S/C9H9NO/c11-10-7-3-5-8-4-1-2-6-9(8)10/h2-3,5-7H,1,4H2. The smallest absolute Gasteiger partial charge is 0.219 e. The van der Waals surface area contributed by atoms with Crippen molar-refractivity contribution >= 4 is 6.08 Å². The molecule has 0 bridgehead atoms. The first-order valence-corrected chi connectivity index (χ1v) is 3.75.